The van der Waals surface area contributed by atoms with Crippen molar-refractivity contribution in [1.29, 1.82) is 0 Å². The standard InChI is InChI=1S/C26H30FN3O5.Na/c1-14(2)10-18-13-21(29-34-18)26-24(16-5-6-16)25(30-35-26)17(7-9-23(32)33)12-22(31)28-20-8-4-15(3)11-19(20)27;/h4,8,11,13-14,16-17H,5-7,9-10,12H2,1-3H3,(H,28,31)(H,32,33);/q;+1/p-1/t17-;/m0./s1. The maximum Gasteiger partial charge on any atom is 1.00 e. The Bertz CT molecular complexity index is 1220. The van der Waals surface area contributed by atoms with Gasteiger partial charge in [0.15, 0.2) is 11.5 Å². The van der Waals surface area contributed by atoms with Crippen molar-refractivity contribution in [3.8, 4) is 11.5 Å². The molecule has 0 radical (unpaired) electrons. The number of hydrogen-bond acceptors (Lipinski definition) is 7. The van der Waals surface area contributed by atoms with Crippen molar-refractivity contribution in [3.63, 3.8) is 0 Å². The third kappa shape index (κ3) is 7.05. The van der Waals surface area contributed by atoms with Gasteiger partial charge in [-0.2, -0.15) is 0 Å². The summed E-state index contributed by atoms with van der Waals surface area (Å²) in [5.41, 5.74) is 2.72. The van der Waals surface area contributed by atoms with Crippen molar-refractivity contribution in [2.45, 2.75) is 71.1 Å². The molecule has 0 spiro atoms. The van der Waals surface area contributed by atoms with Crippen molar-refractivity contribution in [1.82, 2.24) is 10.3 Å². The Hall–Kier alpha value is -2.49. The summed E-state index contributed by atoms with van der Waals surface area (Å²) in [5, 5.41) is 22.2. The Morgan fingerprint density at radius 1 is 1.19 bits per heavy atom. The van der Waals surface area contributed by atoms with Crippen molar-refractivity contribution < 1.29 is 57.7 Å². The molecule has 0 bridgehead atoms. The van der Waals surface area contributed by atoms with Crippen LogP contribution in [0.4, 0.5) is 10.1 Å². The van der Waals surface area contributed by atoms with Gasteiger partial charge in [-0.05, 0) is 62.1 Å². The number of hydrogen-bond donors (Lipinski definition) is 1. The molecular weight excluding hydrogens is 476 g/mol. The van der Waals surface area contributed by atoms with E-state index in [9.17, 15) is 19.1 Å². The van der Waals surface area contributed by atoms with Gasteiger partial charge in [0, 0.05) is 36.4 Å². The first kappa shape index (κ1) is 28.1. The van der Waals surface area contributed by atoms with Crippen molar-refractivity contribution in [3.05, 3.63) is 52.7 Å². The Morgan fingerprint density at radius 2 is 1.94 bits per heavy atom. The SMILES string of the molecule is Cc1ccc(NC(=O)C[C@H](CCC(=O)[O-])c2noc(-c3cc(CC(C)C)on3)c2C2CC2)c(F)c1.[Na+]. The monoisotopic (exact) mass is 505 g/mol. The Balaban J connectivity index is 0.00000361. The molecule has 1 aliphatic rings. The van der Waals surface area contributed by atoms with Crippen LogP contribution in [0.1, 0.15) is 80.4 Å². The van der Waals surface area contributed by atoms with Crippen LogP contribution in [0, 0.1) is 18.7 Å². The van der Waals surface area contributed by atoms with Gasteiger partial charge < -0.3 is 24.3 Å². The third-order valence-corrected chi connectivity index (χ3v) is 6.06. The van der Waals surface area contributed by atoms with E-state index >= 15 is 0 Å². The van der Waals surface area contributed by atoms with E-state index in [4.69, 9.17) is 9.05 Å². The van der Waals surface area contributed by atoms with Crippen molar-refractivity contribution in [2.75, 3.05) is 5.32 Å². The largest absolute Gasteiger partial charge is 1.00 e. The van der Waals surface area contributed by atoms with E-state index in [1.807, 2.05) is 6.07 Å². The second-order valence-corrected chi connectivity index (χ2v) is 9.70. The maximum absolute atomic E-state index is 14.2. The summed E-state index contributed by atoms with van der Waals surface area (Å²) in [6.07, 6.45) is 2.42. The molecule has 0 aliphatic heterocycles. The number of carboxylic acids is 1. The van der Waals surface area contributed by atoms with E-state index in [1.54, 1.807) is 13.0 Å². The van der Waals surface area contributed by atoms with Crippen LogP contribution < -0.4 is 40.0 Å². The summed E-state index contributed by atoms with van der Waals surface area (Å²) in [7, 11) is 0. The molecule has 36 heavy (non-hydrogen) atoms. The van der Waals surface area contributed by atoms with Gasteiger partial charge in [-0.1, -0.05) is 30.2 Å². The predicted octanol–water partition coefficient (Wildman–Crippen LogP) is 1.50. The predicted molar refractivity (Wildman–Crippen MR) is 124 cm³/mol. The van der Waals surface area contributed by atoms with Crippen LogP contribution >= 0.6 is 0 Å². The van der Waals surface area contributed by atoms with Crippen LogP contribution in [0.3, 0.4) is 0 Å². The molecule has 8 nitrogen and oxygen atoms in total. The Labute approximate surface area is 231 Å². The number of amides is 1. The first-order valence-electron chi connectivity index (χ1n) is 11.9. The fourth-order valence-corrected chi connectivity index (χ4v) is 4.25. The molecule has 186 valence electrons. The molecule has 1 N–H and O–H groups in total. The number of benzene rings is 1. The fraction of sp³-hybridized carbons (Fsp3) is 0.462. The molecule has 1 fully saturated rings. The number of carbonyl (C=O) groups is 2. The minimum absolute atomic E-state index is 0. The smallest absolute Gasteiger partial charge is 0.550 e. The second-order valence-electron chi connectivity index (χ2n) is 9.70. The van der Waals surface area contributed by atoms with Crippen LogP contribution in [0.2, 0.25) is 0 Å². The molecule has 2 aromatic heterocycles. The number of nitrogens with zero attached hydrogens (tertiary/aromatic N) is 2. The maximum atomic E-state index is 14.2. The number of carbonyl (C=O) groups excluding carboxylic acids is 2. The molecule has 2 heterocycles. The van der Waals surface area contributed by atoms with Gasteiger partial charge in [-0.25, -0.2) is 4.39 Å². The van der Waals surface area contributed by atoms with Crippen LogP contribution in [0.15, 0.2) is 33.3 Å². The van der Waals surface area contributed by atoms with Crippen molar-refractivity contribution >= 4 is 17.6 Å². The molecular formula is C26H29FN3NaO5. The molecule has 1 atom stereocenters. The number of nitrogens with one attached hydrogen (secondary N) is 1. The average Bonchev–Trinajstić information content (AvgIpc) is 3.36. The van der Waals surface area contributed by atoms with E-state index in [0.717, 1.165) is 36.1 Å². The van der Waals surface area contributed by atoms with Crippen LogP contribution in [-0.2, 0) is 16.0 Å². The van der Waals surface area contributed by atoms with Gasteiger partial charge in [-0.3, -0.25) is 4.79 Å². The van der Waals surface area contributed by atoms with Crippen LogP contribution in [0.25, 0.3) is 11.5 Å². The molecule has 4 rings (SSSR count). The number of aromatic nitrogens is 2. The average molecular weight is 506 g/mol. The quantitative estimate of drug-likeness (QED) is 0.392. The fourth-order valence-electron chi connectivity index (χ4n) is 4.25. The zero-order chi connectivity index (χ0) is 25.1. The van der Waals surface area contributed by atoms with Gasteiger partial charge in [0.2, 0.25) is 5.91 Å². The molecule has 0 unspecified atom stereocenters. The number of aryl methyl sites for hydroxylation is 1. The van der Waals surface area contributed by atoms with E-state index in [0.29, 0.717) is 23.1 Å². The van der Waals surface area contributed by atoms with Gasteiger partial charge in [-0.15, -0.1) is 0 Å². The van der Waals surface area contributed by atoms with Gasteiger partial charge in [0.25, 0.3) is 0 Å². The Morgan fingerprint density at radius 3 is 2.58 bits per heavy atom. The number of halogens is 1. The number of anilines is 1. The van der Waals surface area contributed by atoms with Crippen molar-refractivity contribution in [2.24, 2.45) is 5.92 Å². The van der Waals surface area contributed by atoms with Gasteiger partial charge >= 0.3 is 29.6 Å². The topological polar surface area (TPSA) is 121 Å². The first-order valence-corrected chi connectivity index (χ1v) is 11.9. The number of carboxylic acid groups (broad SMARTS) is 1. The minimum Gasteiger partial charge on any atom is -0.550 e. The molecule has 1 amide bonds. The zero-order valence-corrected chi connectivity index (χ0v) is 23.1. The van der Waals surface area contributed by atoms with E-state index in [-0.39, 0.29) is 60.4 Å². The molecule has 10 heteroatoms. The minimum atomic E-state index is -1.22. The van der Waals surface area contributed by atoms with Crippen LogP contribution in [0.5, 0.6) is 0 Å². The molecule has 1 aromatic carbocycles. The molecule has 1 saturated carbocycles. The summed E-state index contributed by atoms with van der Waals surface area (Å²) >= 11 is 0. The summed E-state index contributed by atoms with van der Waals surface area (Å²) < 4.78 is 25.4. The second kappa shape index (κ2) is 12.2. The molecule has 0 saturated heterocycles. The summed E-state index contributed by atoms with van der Waals surface area (Å²) in [4.78, 5) is 24.0. The van der Waals surface area contributed by atoms with E-state index in [1.165, 1.54) is 12.1 Å². The third-order valence-electron chi connectivity index (χ3n) is 6.06. The first-order chi connectivity index (χ1) is 16.7. The summed E-state index contributed by atoms with van der Waals surface area (Å²) in [6, 6.07) is 6.37. The summed E-state index contributed by atoms with van der Waals surface area (Å²) in [6.45, 7) is 5.92. The number of rotatable bonds is 11. The summed E-state index contributed by atoms with van der Waals surface area (Å²) in [5.74, 6) is -0.914. The number of aliphatic carboxylic acids is 1. The van der Waals surface area contributed by atoms with E-state index in [2.05, 4.69) is 29.5 Å². The molecule has 3 aromatic rings. The Kier molecular flexibility index (Phi) is 9.49. The van der Waals surface area contributed by atoms with Gasteiger partial charge in [0.05, 0.1) is 11.4 Å². The van der Waals surface area contributed by atoms with E-state index < -0.39 is 23.6 Å². The molecule has 1 aliphatic carbocycles. The normalized spacial score (nSPS) is 13.9. The van der Waals surface area contributed by atoms with Crippen LogP contribution in [-0.4, -0.2) is 22.2 Å². The van der Waals surface area contributed by atoms with Gasteiger partial charge in [0.1, 0.15) is 11.6 Å². The zero-order valence-electron chi connectivity index (χ0n) is 21.1.